The van der Waals surface area contributed by atoms with Crippen molar-refractivity contribution in [3.05, 3.63) is 59.3 Å². The van der Waals surface area contributed by atoms with Gasteiger partial charge in [0.1, 0.15) is 16.5 Å². The van der Waals surface area contributed by atoms with Crippen LogP contribution in [0.1, 0.15) is 0 Å². The molecule has 3 heterocycles. The Bertz CT molecular complexity index is 1150. The Morgan fingerprint density at radius 3 is 2.58 bits per heavy atom. The minimum absolute atomic E-state index is 0.790. The number of morpholine rings is 1. The van der Waals surface area contributed by atoms with Crippen molar-refractivity contribution < 1.29 is 9.47 Å². The quantitative estimate of drug-likeness (QED) is 0.417. The summed E-state index contributed by atoms with van der Waals surface area (Å²) in [6.45, 7) is 3.46. The van der Waals surface area contributed by atoms with E-state index in [1.165, 1.54) is 5.69 Å². The van der Waals surface area contributed by atoms with Gasteiger partial charge in [0.15, 0.2) is 5.13 Å². The highest BCUT2D eigenvalue weighted by atomic mass is 32.1. The molecule has 158 valence electrons. The normalized spacial score (nSPS) is 13.9. The Kier molecular flexibility index (Phi) is 5.84. The first kappa shape index (κ1) is 20.0. The number of hydrogen-bond donors (Lipinski definition) is 1. The molecule has 1 aliphatic rings. The summed E-state index contributed by atoms with van der Waals surface area (Å²) in [6, 6.07) is 16.4. The van der Waals surface area contributed by atoms with Crippen molar-refractivity contribution in [2.24, 2.45) is 0 Å². The Labute approximate surface area is 189 Å². The molecule has 0 bridgehead atoms. The van der Waals surface area contributed by atoms with Gasteiger partial charge in [-0.1, -0.05) is 12.1 Å². The van der Waals surface area contributed by atoms with Crippen LogP contribution in [0.2, 0.25) is 0 Å². The van der Waals surface area contributed by atoms with E-state index in [1.807, 2.05) is 29.6 Å². The van der Waals surface area contributed by atoms with Crippen molar-refractivity contribution in [2.45, 2.75) is 0 Å². The monoisotopic (exact) mass is 450 g/mol. The lowest BCUT2D eigenvalue weighted by Crippen LogP contribution is -2.36. The summed E-state index contributed by atoms with van der Waals surface area (Å²) in [4.78, 5) is 11.9. The summed E-state index contributed by atoms with van der Waals surface area (Å²) in [5.74, 6) is 0.826. The van der Waals surface area contributed by atoms with Crippen molar-refractivity contribution in [1.82, 2.24) is 9.97 Å². The molecule has 0 saturated carbocycles. The van der Waals surface area contributed by atoms with E-state index in [4.69, 9.17) is 19.4 Å². The van der Waals surface area contributed by atoms with E-state index < -0.39 is 0 Å². The van der Waals surface area contributed by atoms with Gasteiger partial charge in [-0.05, 0) is 36.4 Å². The first-order valence-corrected chi connectivity index (χ1v) is 11.8. The molecule has 2 aromatic carbocycles. The Balaban J connectivity index is 1.27. The predicted octanol–water partition coefficient (Wildman–Crippen LogP) is 5.52. The van der Waals surface area contributed by atoms with E-state index in [1.54, 1.807) is 29.8 Å². The second-order valence-electron chi connectivity index (χ2n) is 7.08. The number of nitrogens with zero attached hydrogens (tertiary/aromatic N) is 3. The van der Waals surface area contributed by atoms with E-state index in [0.29, 0.717) is 0 Å². The number of rotatable bonds is 6. The molecule has 0 aliphatic carbocycles. The second kappa shape index (κ2) is 9.05. The fraction of sp³-hybridized carbons (Fsp3) is 0.217. The molecule has 1 fully saturated rings. The zero-order chi connectivity index (χ0) is 21.0. The third-order valence-corrected chi connectivity index (χ3v) is 6.71. The van der Waals surface area contributed by atoms with Gasteiger partial charge in [-0.2, -0.15) is 0 Å². The van der Waals surface area contributed by atoms with E-state index in [0.717, 1.165) is 64.8 Å². The van der Waals surface area contributed by atoms with Crippen LogP contribution in [0, 0.1) is 0 Å². The summed E-state index contributed by atoms with van der Waals surface area (Å²) < 4.78 is 10.7. The Morgan fingerprint density at radius 2 is 1.77 bits per heavy atom. The number of thiazole rings is 2. The number of anilines is 3. The number of methoxy groups -OCH3 is 1. The molecule has 0 amide bonds. The van der Waals surface area contributed by atoms with E-state index in [9.17, 15) is 0 Å². The number of aromatic nitrogens is 2. The lowest BCUT2D eigenvalue weighted by Gasteiger charge is -2.28. The van der Waals surface area contributed by atoms with E-state index >= 15 is 0 Å². The minimum Gasteiger partial charge on any atom is -0.497 e. The second-order valence-corrected chi connectivity index (χ2v) is 8.80. The zero-order valence-corrected chi connectivity index (χ0v) is 18.7. The van der Waals surface area contributed by atoms with Gasteiger partial charge >= 0.3 is 0 Å². The van der Waals surface area contributed by atoms with E-state index in [2.05, 4.69) is 39.9 Å². The molecular formula is C23H22N4O2S2. The molecule has 0 spiro atoms. The standard InChI is InChI=1S/C23H22N4O2S2/c1-28-19-4-2-3-16(13-19)20-14-30-22(25-20)21-15-31-23(26-21)24-17-5-7-18(8-6-17)27-9-11-29-12-10-27/h2-8,13-15H,9-12H2,1H3,(H,24,26). The van der Waals surface area contributed by atoms with Gasteiger partial charge in [-0.25, -0.2) is 9.97 Å². The molecule has 1 N–H and O–H groups in total. The summed E-state index contributed by atoms with van der Waals surface area (Å²) in [6.07, 6.45) is 0. The van der Waals surface area contributed by atoms with Gasteiger partial charge in [-0.3, -0.25) is 0 Å². The molecule has 6 nitrogen and oxygen atoms in total. The number of benzene rings is 2. The van der Waals surface area contributed by atoms with Crippen molar-refractivity contribution in [1.29, 1.82) is 0 Å². The average molecular weight is 451 g/mol. The third kappa shape index (κ3) is 4.56. The first-order chi connectivity index (χ1) is 15.3. The van der Waals surface area contributed by atoms with Crippen LogP contribution in [0.5, 0.6) is 5.75 Å². The van der Waals surface area contributed by atoms with Crippen molar-refractivity contribution >= 4 is 39.2 Å². The number of ether oxygens (including phenoxy) is 2. The molecule has 1 saturated heterocycles. The fourth-order valence-corrected chi connectivity index (χ4v) is 5.01. The highest BCUT2D eigenvalue weighted by Gasteiger charge is 2.13. The van der Waals surface area contributed by atoms with Crippen LogP contribution in [0.25, 0.3) is 22.0 Å². The van der Waals surface area contributed by atoms with Gasteiger partial charge < -0.3 is 19.7 Å². The lowest BCUT2D eigenvalue weighted by atomic mass is 10.2. The molecule has 1 aliphatic heterocycles. The molecule has 0 radical (unpaired) electrons. The molecule has 2 aromatic heterocycles. The maximum Gasteiger partial charge on any atom is 0.187 e. The van der Waals surface area contributed by atoms with Crippen LogP contribution in [-0.2, 0) is 4.74 Å². The van der Waals surface area contributed by atoms with Gasteiger partial charge in [-0.15, -0.1) is 22.7 Å². The van der Waals surface area contributed by atoms with Gasteiger partial charge in [0, 0.05) is 40.8 Å². The average Bonchev–Trinajstić information content (AvgIpc) is 3.50. The fourth-order valence-electron chi connectivity index (χ4n) is 3.44. The van der Waals surface area contributed by atoms with Gasteiger partial charge in [0.25, 0.3) is 0 Å². The molecular weight excluding hydrogens is 428 g/mol. The molecule has 4 aromatic rings. The summed E-state index contributed by atoms with van der Waals surface area (Å²) >= 11 is 3.18. The largest absolute Gasteiger partial charge is 0.497 e. The summed E-state index contributed by atoms with van der Waals surface area (Å²) in [5, 5.41) is 9.26. The molecule has 5 rings (SSSR count). The van der Waals surface area contributed by atoms with Crippen LogP contribution in [0.15, 0.2) is 59.3 Å². The van der Waals surface area contributed by atoms with Gasteiger partial charge in [0.2, 0.25) is 0 Å². The Hall–Kier alpha value is -2.94. The van der Waals surface area contributed by atoms with Crippen LogP contribution < -0.4 is 15.0 Å². The topological polar surface area (TPSA) is 59.5 Å². The Morgan fingerprint density at radius 1 is 0.968 bits per heavy atom. The highest BCUT2D eigenvalue weighted by Crippen LogP contribution is 2.33. The maximum atomic E-state index is 5.43. The number of nitrogens with one attached hydrogen (secondary N) is 1. The van der Waals surface area contributed by atoms with Crippen LogP contribution in [0.3, 0.4) is 0 Å². The van der Waals surface area contributed by atoms with E-state index in [-0.39, 0.29) is 0 Å². The third-order valence-electron chi connectivity index (χ3n) is 5.09. The van der Waals surface area contributed by atoms with Crippen LogP contribution in [0.4, 0.5) is 16.5 Å². The molecule has 0 unspecified atom stereocenters. The molecule has 8 heteroatoms. The lowest BCUT2D eigenvalue weighted by molar-refractivity contribution is 0.122. The predicted molar refractivity (Wildman–Crippen MR) is 128 cm³/mol. The minimum atomic E-state index is 0.790. The molecule has 31 heavy (non-hydrogen) atoms. The van der Waals surface area contributed by atoms with Crippen molar-refractivity contribution in [3.8, 4) is 27.7 Å². The first-order valence-electron chi connectivity index (χ1n) is 10.0. The summed E-state index contributed by atoms with van der Waals surface area (Å²) in [5.41, 5.74) is 5.10. The highest BCUT2D eigenvalue weighted by molar-refractivity contribution is 7.15. The van der Waals surface area contributed by atoms with Crippen molar-refractivity contribution in [3.63, 3.8) is 0 Å². The van der Waals surface area contributed by atoms with Crippen LogP contribution >= 0.6 is 22.7 Å². The molecule has 0 atom stereocenters. The van der Waals surface area contributed by atoms with Crippen LogP contribution in [-0.4, -0.2) is 43.4 Å². The maximum absolute atomic E-state index is 5.43. The number of hydrogen-bond acceptors (Lipinski definition) is 8. The SMILES string of the molecule is COc1cccc(-c2csc(-c3csc(Nc4ccc(N5CCOCC5)cc4)n3)n2)c1. The van der Waals surface area contributed by atoms with Crippen molar-refractivity contribution in [2.75, 3.05) is 43.6 Å². The summed E-state index contributed by atoms with van der Waals surface area (Å²) in [7, 11) is 1.67. The zero-order valence-electron chi connectivity index (χ0n) is 17.1. The smallest absolute Gasteiger partial charge is 0.187 e. The van der Waals surface area contributed by atoms with Gasteiger partial charge in [0.05, 0.1) is 26.0 Å².